The SMILES string of the molecule is CCCCC(F)(F)C(=O)/C=C/C1[C@H](O)CC(=O)[C@@H]1CCCCCCC(=O)OC. The molecule has 7 heteroatoms. The van der Waals surface area contributed by atoms with Gasteiger partial charge in [-0.2, -0.15) is 8.78 Å². The van der Waals surface area contributed by atoms with Crippen molar-refractivity contribution < 1.29 is 33.0 Å². The van der Waals surface area contributed by atoms with E-state index in [9.17, 15) is 28.3 Å². The van der Waals surface area contributed by atoms with Crippen LogP contribution in [0.25, 0.3) is 0 Å². The first-order valence-corrected chi connectivity index (χ1v) is 10.1. The third-order valence-corrected chi connectivity index (χ3v) is 5.28. The van der Waals surface area contributed by atoms with Crippen LogP contribution in [-0.2, 0) is 19.1 Å². The number of halogens is 2. The fraction of sp³-hybridized carbons (Fsp3) is 0.762. The quantitative estimate of drug-likeness (QED) is 0.286. The van der Waals surface area contributed by atoms with Gasteiger partial charge in [-0.3, -0.25) is 14.4 Å². The van der Waals surface area contributed by atoms with Gasteiger partial charge in [-0.1, -0.05) is 38.7 Å². The van der Waals surface area contributed by atoms with Crippen LogP contribution in [0, 0.1) is 11.8 Å². The monoisotopic (exact) mass is 402 g/mol. The molecule has 0 aromatic rings. The molecule has 28 heavy (non-hydrogen) atoms. The summed E-state index contributed by atoms with van der Waals surface area (Å²) in [7, 11) is 1.34. The van der Waals surface area contributed by atoms with Gasteiger partial charge in [0.15, 0.2) is 0 Å². The lowest BCUT2D eigenvalue weighted by atomic mass is 9.88. The maximum atomic E-state index is 13.8. The number of alkyl halides is 2. The fourth-order valence-electron chi connectivity index (χ4n) is 3.52. The average molecular weight is 402 g/mol. The summed E-state index contributed by atoms with van der Waals surface area (Å²) in [5.41, 5.74) is 0. The number of methoxy groups -OCH3 is 1. The van der Waals surface area contributed by atoms with Gasteiger partial charge >= 0.3 is 11.9 Å². The third kappa shape index (κ3) is 7.78. The van der Waals surface area contributed by atoms with Crippen LogP contribution in [0.4, 0.5) is 8.78 Å². The molecule has 1 N–H and O–H groups in total. The molecule has 1 aliphatic rings. The van der Waals surface area contributed by atoms with E-state index in [0.717, 1.165) is 25.3 Å². The van der Waals surface area contributed by atoms with Crippen molar-refractivity contribution in [2.24, 2.45) is 11.8 Å². The van der Waals surface area contributed by atoms with E-state index in [4.69, 9.17) is 0 Å². The Hall–Kier alpha value is -1.63. The fourth-order valence-corrected chi connectivity index (χ4v) is 3.52. The van der Waals surface area contributed by atoms with Gasteiger partial charge in [0.2, 0.25) is 5.78 Å². The van der Waals surface area contributed by atoms with Crippen molar-refractivity contribution >= 4 is 17.5 Å². The molecule has 1 rings (SSSR count). The van der Waals surface area contributed by atoms with Crippen LogP contribution in [-0.4, -0.2) is 41.8 Å². The molecule has 0 aliphatic heterocycles. The van der Waals surface area contributed by atoms with Gasteiger partial charge in [0.1, 0.15) is 5.78 Å². The summed E-state index contributed by atoms with van der Waals surface area (Å²) in [5.74, 6) is -6.08. The van der Waals surface area contributed by atoms with E-state index in [0.29, 0.717) is 25.7 Å². The first-order valence-electron chi connectivity index (χ1n) is 10.1. The summed E-state index contributed by atoms with van der Waals surface area (Å²) >= 11 is 0. The Morgan fingerprint density at radius 3 is 2.54 bits per heavy atom. The number of hydrogen-bond donors (Lipinski definition) is 1. The lowest BCUT2D eigenvalue weighted by Gasteiger charge is -2.18. The van der Waals surface area contributed by atoms with Gasteiger partial charge in [0.25, 0.3) is 0 Å². The Balaban J connectivity index is 2.53. The molecule has 0 aromatic heterocycles. The van der Waals surface area contributed by atoms with Gasteiger partial charge in [0.05, 0.1) is 13.2 Å². The lowest BCUT2D eigenvalue weighted by Crippen LogP contribution is -2.27. The molecule has 3 atom stereocenters. The minimum atomic E-state index is -3.41. The second-order valence-electron chi connectivity index (χ2n) is 7.48. The molecule has 5 nitrogen and oxygen atoms in total. The van der Waals surface area contributed by atoms with Crippen LogP contribution in [0.5, 0.6) is 0 Å². The lowest BCUT2D eigenvalue weighted by molar-refractivity contribution is -0.140. The smallest absolute Gasteiger partial charge is 0.309 e. The van der Waals surface area contributed by atoms with Gasteiger partial charge < -0.3 is 9.84 Å². The molecule has 0 radical (unpaired) electrons. The zero-order valence-electron chi connectivity index (χ0n) is 16.8. The van der Waals surface area contributed by atoms with E-state index < -0.39 is 36.1 Å². The second-order valence-corrected chi connectivity index (χ2v) is 7.48. The van der Waals surface area contributed by atoms with Crippen molar-refractivity contribution in [2.45, 2.75) is 83.2 Å². The molecule has 0 bridgehead atoms. The summed E-state index contributed by atoms with van der Waals surface area (Å²) in [6.45, 7) is 1.77. The van der Waals surface area contributed by atoms with Crippen LogP contribution in [0.3, 0.4) is 0 Å². The normalized spacial score (nSPS) is 22.8. The Labute approximate surface area is 165 Å². The zero-order chi connectivity index (χ0) is 21.2. The minimum absolute atomic E-state index is 0.0115. The number of Topliss-reactive ketones (excluding diaryl/α,β-unsaturated/α-hetero) is 1. The Morgan fingerprint density at radius 2 is 1.89 bits per heavy atom. The van der Waals surface area contributed by atoms with Crippen LogP contribution in [0.1, 0.15) is 71.1 Å². The van der Waals surface area contributed by atoms with Crippen LogP contribution in [0.2, 0.25) is 0 Å². The predicted octanol–water partition coefficient (Wildman–Crippen LogP) is 4.02. The van der Waals surface area contributed by atoms with Crippen molar-refractivity contribution in [3.63, 3.8) is 0 Å². The van der Waals surface area contributed by atoms with Crippen LogP contribution in [0.15, 0.2) is 12.2 Å². The highest BCUT2D eigenvalue weighted by molar-refractivity contribution is 5.95. The van der Waals surface area contributed by atoms with E-state index in [-0.39, 0.29) is 24.6 Å². The number of ether oxygens (including phenoxy) is 1. The van der Waals surface area contributed by atoms with Crippen molar-refractivity contribution in [1.82, 2.24) is 0 Å². The Bertz CT molecular complexity index is 559. The number of carbonyl (C=O) groups is 3. The largest absolute Gasteiger partial charge is 0.469 e. The van der Waals surface area contributed by atoms with Gasteiger partial charge in [-0.05, 0) is 25.3 Å². The predicted molar refractivity (Wildman–Crippen MR) is 101 cm³/mol. The van der Waals surface area contributed by atoms with Crippen molar-refractivity contribution in [1.29, 1.82) is 0 Å². The molecule has 1 unspecified atom stereocenters. The molecular weight excluding hydrogens is 370 g/mol. The highest BCUT2D eigenvalue weighted by Crippen LogP contribution is 2.35. The van der Waals surface area contributed by atoms with E-state index in [1.54, 1.807) is 6.92 Å². The van der Waals surface area contributed by atoms with Crippen molar-refractivity contribution in [3.8, 4) is 0 Å². The third-order valence-electron chi connectivity index (χ3n) is 5.28. The van der Waals surface area contributed by atoms with Gasteiger partial charge in [0, 0.05) is 31.1 Å². The Morgan fingerprint density at radius 1 is 1.21 bits per heavy atom. The molecule has 0 saturated heterocycles. The highest BCUT2D eigenvalue weighted by atomic mass is 19.3. The first-order chi connectivity index (χ1) is 13.2. The Kier molecular flexibility index (Phi) is 10.5. The molecule has 1 aliphatic carbocycles. The number of rotatable bonds is 13. The molecule has 160 valence electrons. The molecule has 1 saturated carbocycles. The molecule has 0 spiro atoms. The number of hydrogen-bond acceptors (Lipinski definition) is 5. The van der Waals surface area contributed by atoms with E-state index in [1.807, 2.05) is 0 Å². The maximum absolute atomic E-state index is 13.8. The number of allylic oxidation sites excluding steroid dienone is 1. The number of aliphatic hydroxyl groups is 1. The molecular formula is C21H32F2O5. The zero-order valence-corrected chi connectivity index (χ0v) is 16.8. The summed E-state index contributed by atoms with van der Waals surface area (Å²) in [6.07, 6.45) is 5.49. The van der Waals surface area contributed by atoms with E-state index in [2.05, 4.69) is 4.74 Å². The molecule has 0 aromatic carbocycles. The second kappa shape index (κ2) is 12.0. The summed E-state index contributed by atoms with van der Waals surface area (Å²) in [4.78, 5) is 35.0. The summed E-state index contributed by atoms with van der Waals surface area (Å²) in [6, 6.07) is 0. The van der Waals surface area contributed by atoms with E-state index in [1.165, 1.54) is 13.2 Å². The van der Waals surface area contributed by atoms with Crippen LogP contribution >= 0.6 is 0 Å². The highest BCUT2D eigenvalue weighted by Gasteiger charge is 2.41. The average Bonchev–Trinajstić information content (AvgIpc) is 2.93. The number of esters is 1. The number of ketones is 2. The van der Waals surface area contributed by atoms with Crippen molar-refractivity contribution in [2.75, 3.05) is 7.11 Å². The van der Waals surface area contributed by atoms with Gasteiger partial charge in [-0.25, -0.2) is 0 Å². The molecule has 1 fully saturated rings. The topological polar surface area (TPSA) is 80.7 Å². The molecule has 0 amide bonds. The molecule has 0 heterocycles. The summed E-state index contributed by atoms with van der Waals surface area (Å²) in [5, 5.41) is 10.1. The standard InChI is InChI=1S/C21H32F2O5/c1-3-4-13-21(22,23)19(26)12-11-16-15(17(24)14-18(16)25)9-7-5-6-8-10-20(27)28-2/h11-12,15-16,18,25H,3-10,13-14H2,1-2H3/b12-11+/t15-,16?,18-/m1/s1. The maximum Gasteiger partial charge on any atom is 0.309 e. The minimum Gasteiger partial charge on any atom is -0.469 e. The van der Waals surface area contributed by atoms with E-state index >= 15 is 0 Å². The first kappa shape index (κ1) is 24.4. The number of unbranched alkanes of at least 4 members (excludes halogenated alkanes) is 4. The van der Waals surface area contributed by atoms with Crippen LogP contribution < -0.4 is 0 Å². The van der Waals surface area contributed by atoms with Crippen molar-refractivity contribution in [3.05, 3.63) is 12.2 Å². The number of aliphatic hydroxyl groups excluding tert-OH is 1. The summed E-state index contributed by atoms with van der Waals surface area (Å²) < 4.78 is 32.1. The van der Waals surface area contributed by atoms with Gasteiger partial charge in [-0.15, -0.1) is 0 Å². The number of carbonyl (C=O) groups excluding carboxylic acids is 3.